The van der Waals surface area contributed by atoms with Crippen LogP contribution in [0.3, 0.4) is 0 Å². The number of methoxy groups -OCH3 is 1. The largest absolute Gasteiger partial charge is 0.467 e. The number of pyridine rings is 1. The van der Waals surface area contributed by atoms with Gasteiger partial charge in [-0.05, 0) is 119 Å². The molecule has 3 aromatic rings. The zero-order valence-electron chi connectivity index (χ0n) is 39.6. The number of ether oxygens (including phenoxy) is 2. The summed E-state index contributed by atoms with van der Waals surface area (Å²) < 4.78 is 13.5. The van der Waals surface area contributed by atoms with Crippen LogP contribution < -0.4 is 15.6 Å². The number of nitrogens with one attached hydrogen (secondary N) is 2. The van der Waals surface area contributed by atoms with Crippen molar-refractivity contribution in [2.45, 2.75) is 104 Å². The smallest absolute Gasteiger partial charge is 0.293 e. The summed E-state index contributed by atoms with van der Waals surface area (Å²) in [6.45, 7) is 22.6. The standard InChI is InChI=1S/C50H70N8O7/c1-10-43(60)56-25-20-36(30-56)48(62)54(8)45(33(3)4)47(61)53-41(49(63)58-24-13-12-22-52-58)26-35-16-15-23-55(29-35)37-18-19-42-39(27-37)40(28-50(6,7)31-65-32-59)46(57(42)11-2)38-17-14-21-51-44(38)34(5)64-9/h10,14,17-19,21,27,32,34-36,41,45,52H,1,3,11-13,15-16,20,22-26,28-31H2,2,4-9H3,(H,53,61)/t34-,35-,36-,41-,45-/m0/s1. The number of benzene rings is 1. The fourth-order valence-corrected chi connectivity index (χ4v) is 10.1. The van der Waals surface area contributed by atoms with Crippen molar-refractivity contribution in [2.24, 2.45) is 17.3 Å². The molecule has 2 N–H and O–H groups in total. The van der Waals surface area contributed by atoms with Crippen LogP contribution in [0.4, 0.5) is 5.69 Å². The number of aryl methyl sites for hydroxylation is 1. The Kier molecular flexibility index (Phi) is 16.3. The second-order valence-corrected chi connectivity index (χ2v) is 18.9. The number of likely N-dealkylation sites (tertiary alicyclic amines) is 1. The van der Waals surface area contributed by atoms with Gasteiger partial charge in [-0.3, -0.25) is 34.0 Å². The highest BCUT2D eigenvalue weighted by atomic mass is 16.5. The number of fused-ring (bicyclic) bond motifs is 1. The molecule has 2 aromatic heterocycles. The molecule has 0 unspecified atom stereocenters. The summed E-state index contributed by atoms with van der Waals surface area (Å²) >= 11 is 0. The van der Waals surface area contributed by atoms with Gasteiger partial charge in [0.15, 0.2) is 0 Å². The van der Waals surface area contributed by atoms with Crippen molar-refractivity contribution >= 4 is 46.7 Å². The average Bonchev–Trinajstić information content (AvgIpc) is 3.93. The number of carbonyl (C=O) groups is 5. The first-order valence-electron chi connectivity index (χ1n) is 23.2. The van der Waals surface area contributed by atoms with E-state index in [2.05, 4.69) is 78.4 Å². The van der Waals surface area contributed by atoms with Gasteiger partial charge in [0, 0.05) is 93.7 Å². The molecule has 5 heterocycles. The highest BCUT2D eigenvalue weighted by molar-refractivity contribution is 5.96. The summed E-state index contributed by atoms with van der Waals surface area (Å²) in [7, 11) is 3.28. The van der Waals surface area contributed by atoms with Crippen LogP contribution in [0.5, 0.6) is 0 Å². The van der Waals surface area contributed by atoms with E-state index in [1.54, 1.807) is 37.2 Å². The topological polar surface area (TPSA) is 159 Å². The quantitative estimate of drug-likeness (QED) is 0.0853. The van der Waals surface area contributed by atoms with E-state index in [1.165, 1.54) is 11.0 Å². The predicted molar refractivity (Wildman–Crippen MR) is 252 cm³/mol. The first-order chi connectivity index (χ1) is 31.1. The van der Waals surface area contributed by atoms with Crippen LogP contribution in [0, 0.1) is 17.3 Å². The van der Waals surface area contributed by atoms with Gasteiger partial charge in [0.1, 0.15) is 12.1 Å². The van der Waals surface area contributed by atoms with E-state index in [1.807, 2.05) is 13.0 Å². The normalized spacial score (nSPS) is 19.3. The van der Waals surface area contributed by atoms with Crippen LogP contribution in [0.15, 0.2) is 61.3 Å². The van der Waals surface area contributed by atoms with Gasteiger partial charge in [-0.1, -0.05) is 27.0 Å². The number of piperidine rings is 1. The second kappa shape index (κ2) is 21.6. The van der Waals surface area contributed by atoms with E-state index in [0.717, 1.165) is 77.9 Å². The molecule has 352 valence electrons. The maximum atomic E-state index is 14.4. The Balaban J connectivity index is 1.29. The van der Waals surface area contributed by atoms with Crippen molar-refractivity contribution in [1.29, 1.82) is 0 Å². The van der Waals surface area contributed by atoms with Gasteiger partial charge in [-0.25, -0.2) is 5.43 Å². The fourth-order valence-electron chi connectivity index (χ4n) is 10.1. The van der Waals surface area contributed by atoms with E-state index >= 15 is 0 Å². The molecule has 6 rings (SSSR count). The number of nitrogens with zero attached hydrogens (tertiary/aromatic N) is 6. The van der Waals surface area contributed by atoms with E-state index in [-0.39, 0.29) is 48.3 Å². The number of hydrogen-bond acceptors (Lipinski definition) is 10. The van der Waals surface area contributed by atoms with Crippen molar-refractivity contribution in [3.05, 3.63) is 72.6 Å². The molecular weight excluding hydrogens is 825 g/mol. The molecule has 0 saturated carbocycles. The van der Waals surface area contributed by atoms with Crippen molar-refractivity contribution in [3.63, 3.8) is 0 Å². The minimum Gasteiger partial charge on any atom is -0.467 e. The average molecular weight is 895 g/mol. The number of hydrogen-bond donors (Lipinski definition) is 2. The highest BCUT2D eigenvalue weighted by Crippen LogP contribution is 2.42. The Morgan fingerprint density at radius 1 is 1.09 bits per heavy atom. The summed E-state index contributed by atoms with van der Waals surface area (Å²) in [5.74, 6) is -1.52. The Labute approximate surface area is 384 Å². The van der Waals surface area contributed by atoms with Gasteiger partial charge in [0.05, 0.1) is 30.0 Å². The molecule has 15 nitrogen and oxygen atoms in total. The third-order valence-corrected chi connectivity index (χ3v) is 13.4. The molecule has 0 spiro atoms. The van der Waals surface area contributed by atoms with Crippen LogP contribution in [0.1, 0.15) is 90.5 Å². The van der Waals surface area contributed by atoms with Gasteiger partial charge >= 0.3 is 0 Å². The third-order valence-electron chi connectivity index (χ3n) is 13.4. The molecule has 0 aliphatic carbocycles. The molecule has 5 atom stereocenters. The van der Waals surface area contributed by atoms with Gasteiger partial charge in [0.25, 0.3) is 12.4 Å². The van der Waals surface area contributed by atoms with E-state index in [9.17, 15) is 24.0 Å². The van der Waals surface area contributed by atoms with Crippen molar-refractivity contribution in [3.8, 4) is 11.3 Å². The SMILES string of the molecule is C=CC(=O)N1CC[C@H](C(=O)N(C)[C@@H](C(=C)C)C(=O)N[C@@H](C[C@@H]2CCCN(c3ccc4c(c3)c(CC(C)(C)COC=O)c(-c3cccnc3[C@H](C)OC)n4CC)C2)C(=O)N2CCCCN2)C1. The van der Waals surface area contributed by atoms with Crippen molar-refractivity contribution in [2.75, 3.05) is 64.9 Å². The summed E-state index contributed by atoms with van der Waals surface area (Å²) in [5, 5.41) is 5.85. The predicted octanol–water partition coefficient (Wildman–Crippen LogP) is 5.83. The monoisotopic (exact) mass is 895 g/mol. The van der Waals surface area contributed by atoms with Crippen LogP contribution in [-0.4, -0.2) is 127 Å². The molecule has 15 heteroatoms. The lowest BCUT2D eigenvalue weighted by molar-refractivity contribution is -0.144. The summed E-state index contributed by atoms with van der Waals surface area (Å²) in [5.41, 5.74) is 9.55. The minimum absolute atomic E-state index is 0.0659. The van der Waals surface area contributed by atoms with E-state index in [4.69, 9.17) is 14.5 Å². The molecule has 3 fully saturated rings. The number of amides is 4. The summed E-state index contributed by atoms with van der Waals surface area (Å²) in [4.78, 5) is 76.3. The Morgan fingerprint density at radius 3 is 2.55 bits per heavy atom. The lowest BCUT2D eigenvalue weighted by atomic mass is 9.84. The maximum absolute atomic E-state index is 14.4. The molecule has 4 amide bonds. The van der Waals surface area contributed by atoms with Gasteiger partial charge < -0.3 is 34.1 Å². The first kappa shape index (κ1) is 48.9. The zero-order valence-corrected chi connectivity index (χ0v) is 39.6. The number of aromatic nitrogens is 2. The number of rotatable bonds is 19. The highest BCUT2D eigenvalue weighted by Gasteiger charge is 2.39. The van der Waals surface area contributed by atoms with Gasteiger partial charge in [-0.15, -0.1) is 0 Å². The van der Waals surface area contributed by atoms with Gasteiger partial charge in [-0.2, -0.15) is 0 Å². The number of carbonyl (C=O) groups excluding carboxylic acids is 5. The van der Waals surface area contributed by atoms with Crippen molar-refractivity contribution < 1.29 is 33.4 Å². The first-order valence-corrected chi connectivity index (χ1v) is 23.2. The zero-order chi connectivity index (χ0) is 47.0. The summed E-state index contributed by atoms with van der Waals surface area (Å²) in [6, 6.07) is 8.86. The molecule has 3 saturated heterocycles. The second-order valence-electron chi connectivity index (χ2n) is 18.9. The van der Waals surface area contributed by atoms with Crippen LogP contribution in [-0.2, 0) is 46.4 Å². The molecule has 65 heavy (non-hydrogen) atoms. The van der Waals surface area contributed by atoms with Crippen molar-refractivity contribution in [1.82, 2.24) is 35.1 Å². The number of likely N-dealkylation sites (N-methyl/N-ethyl adjacent to an activating group) is 1. The number of hydrazine groups is 1. The summed E-state index contributed by atoms with van der Waals surface area (Å²) in [6.07, 6.45) is 7.93. The molecule has 0 radical (unpaired) electrons. The number of anilines is 1. The van der Waals surface area contributed by atoms with Crippen LogP contribution >= 0.6 is 0 Å². The maximum Gasteiger partial charge on any atom is 0.293 e. The lowest BCUT2D eigenvalue weighted by Gasteiger charge is -2.38. The Hall–Kier alpha value is -5.54. The fraction of sp³-hybridized carbons (Fsp3) is 0.560. The molecule has 1 aromatic carbocycles. The minimum atomic E-state index is -1.00. The Bertz CT molecular complexity index is 2230. The van der Waals surface area contributed by atoms with E-state index in [0.29, 0.717) is 57.5 Å². The molecule has 3 aliphatic heterocycles. The lowest BCUT2D eigenvalue weighted by Crippen LogP contribution is -2.59. The van der Waals surface area contributed by atoms with E-state index < -0.39 is 23.9 Å². The molecule has 0 bridgehead atoms. The Morgan fingerprint density at radius 2 is 1.88 bits per heavy atom. The van der Waals surface area contributed by atoms with Crippen LogP contribution in [0.2, 0.25) is 0 Å². The third kappa shape index (κ3) is 11.1. The molecule has 3 aliphatic rings. The van der Waals surface area contributed by atoms with Gasteiger partial charge in [0.2, 0.25) is 17.7 Å². The molecular formula is C50H70N8O7. The van der Waals surface area contributed by atoms with Crippen LogP contribution in [0.25, 0.3) is 22.2 Å².